The lowest BCUT2D eigenvalue weighted by Gasteiger charge is -2.22. The summed E-state index contributed by atoms with van der Waals surface area (Å²) in [5.41, 5.74) is -0.517. The van der Waals surface area contributed by atoms with Crippen LogP contribution in [0.4, 0.5) is 10.1 Å². The molecule has 2 rings (SSSR count). The third-order valence-electron chi connectivity index (χ3n) is 3.11. The summed E-state index contributed by atoms with van der Waals surface area (Å²) in [7, 11) is 0. The number of aromatic carboxylic acids is 1. The van der Waals surface area contributed by atoms with Gasteiger partial charge >= 0.3 is 5.97 Å². The van der Waals surface area contributed by atoms with Crippen LogP contribution < -0.4 is 10.6 Å². The number of hydrogen-bond acceptors (Lipinski definition) is 3. The van der Waals surface area contributed by atoms with Crippen LogP contribution >= 0.6 is 0 Å². The molecule has 1 atom stereocenters. The van der Waals surface area contributed by atoms with Gasteiger partial charge in [-0.1, -0.05) is 12.5 Å². The number of carboxylic acid groups (broad SMARTS) is 1. The summed E-state index contributed by atoms with van der Waals surface area (Å²) in [6.07, 6.45) is 2.66. The highest BCUT2D eigenvalue weighted by atomic mass is 19.1. The van der Waals surface area contributed by atoms with Crippen LogP contribution in [0.25, 0.3) is 0 Å². The Hall–Kier alpha value is -1.95. The van der Waals surface area contributed by atoms with Crippen LogP contribution in [0.15, 0.2) is 18.2 Å². The van der Waals surface area contributed by atoms with Gasteiger partial charge in [-0.3, -0.25) is 4.79 Å². The molecule has 1 aliphatic heterocycles. The van der Waals surface area contributed by atoms with E-state index in [-0.39, 0.29) is 17.6 Å². The standard InChI is InChI=1S/C13H15FN2O3/c14-8-4-3-6-9(11(8)13(18)19)16-12(17)10-5-1-2-7-15-10/h3-4,6,10,15H,1-2,5,7H2,(H,16,17)(H,18,19). The van der Waals surface area contributed by atoms with Crippen molar-refractivity contribution < 1.29 is 19.1 Å². The molecular weight excluding hydrogens is 251 g/mol. The predicted octanol–water partition coefficient (Wildman–Crippen LogP) is 1.60. The molecule has 1 saturated heterocycles. The topological polar surface area (TPSA) is 78.4 Å². The van der Waals surface area contributed by atoms with Gasteiger partial charge in [-0.25, -0.2) is 9.18 Å². The highest BCUT2D eigenvalue weighted by molar-refractivity contribution is 6.02. The highest BCUT2D eigenvalue weighted by Crippen LogP contribution is 2.20. The lowest BCUT2D eigenvalue weighted by Crippen LogP contribution is -2.43. The molecular formula is C13H15FN2O3. The van der Waals surface area contributed by atoms with E-state index in [0.717, 1.165) is 25.5 Å². The Balaban J connectivity index is 2.16. The zero-order valence-electron chi connectivity index (χ0n) is 10.3. The van der Waals surface area contributed by atoms with Gasteiger partial charge in [0.15, 0.2) is 0 Å². The monoisotopic (exact) mass is 266 g/mol. The molecule has 0 aliphatic carbocycles. The van der Waals surface area contributed by atoms with Crippen molar-refractivity contribution in [2.24, 2.45) is 0 Å². The maximum absolute atomic E-state index is 13.4. The molecule has 1 unspecified atom stereocenters. The van der Waals surface area contributed by atoms with Crippen LogP contribution in [0.2, 0.25) is 0 Å². The van der Waals surface area contributed by atoms with Gasteiger partial charge in [0.2, 0.25) is 5.91 Å². The van der Waals surface area contributed by atoms with Crippen molar-refractivity contribution in [3.8, 4) is 0 Å². The molecule has 0 bridgehead atoms. The van der Waals surface area contributed by atoms with Gasteiger partial charge in [-0.05, 0) is 31.5 Å². The summed E-state index contributed by atoms with van der Waals surface area (Å²) < 4.78 is 13.4. The number of anilines is 1. The van der Waals surface area contributed by atoms with E-state index in [0.29, 0.717) is 6.42 Å². The first-order valence-corrected chi connectivity index (χ1v) is 6.15. The maximum Gasteiger partial charge on any atom is 0.340 e. The van der Waals surface area contributed by atoms with Crippen LogP contribution in [0.5, 0.6) is 0 Å². The normalized spacial score (nSPS) is 18.9. The Morgan fingerprint density at radius 3 is 2.79 bits per heavy atom. The zero-order valence-corrected chi connectivity index (χ0v) is 10.3. The number of carbonyl (C=O) groups excluding carboxylic acids is 1. The minimum atomic E-state index is -1.40. The van der Waals surface area contributed by atoms with Crippen LogP contribution in [0.1, 0.15) is 29.6 Å². The van der Waals surface area contributed by atoms with Crippen molar-refractivity contribution in [1.29, 1.82) is 0 Å². The van der Waals surface area contributed by atoms with E-state index in [2.05, 4.69) is 10.6 Å². The summed E-state index contributed by atoms with van der Waals surface area (Å²) >= 11 is 0. The molecule has 1 aliphatic rings. The Morgan fingerprint density at radius 1 is 1.37 bits per heavy atom. The van der Waals surface area contributed by atoms with Crippen LogP contribution in [-0.4, -0.2) is 29.6 Å². The Labute approximate surface area is 109 Å². The second kappa shape index (κ2) is 5.79. The summed E-state index contributed by atoms with van der Waals surface area (Å²) in [5, 5.41) is 14.5. The summed E-state index contributed by atoms with van der Waals surface area (Å²) in [6, 6.07) is 3.45. The van der Waals surface area contributed by atoms with Crippen LogP contribution in [0.3, 0.4) is 0 Å². The Bertz CT molecular complexity index is 499. The van der Waals surface area contributed by atoms with E-state index in [1.807, 2.05) is 0 Å². The van der Waals surface area contributed by atoms with Crippen molar-refractivity contribution in [3.05, 3.63) is 29.6 Å². The number of benzene rings is 1. The van der Waals surface area contributed by atoms with Crippen LogP contribution in [0, 0.1) is 5.82 Å². The quantitative estimate of drug-likeness (QED) is 0.776. The fourth-order valence-corrected chi connectivity index (χ4v) is 2.14. The number of halogens is 1. The largest absolute Gasteiger partial charge is 0.478 e. The molecule has 1 amide bonds. The smallest absolute Gasteiger partial charge is 0.340 e. The molecule has 0 spiro atoms. The molecule has 1 heterocycles. The highest BCUT2D eigenvalue weighted by Gasteiger charge is 2.23. The molecule has 102 valence electrons. The van der Waals surface area contributed by atoms with E-state index in [1.165, 1.54) is 12.1 Å². The predicted molar refractivity (Wildman–Crippen MR) is 67.6 cm³/mol. The molecule has 0 radical (unpaired) electrons. The van der Waals surface area contributed by atoms with Gasteiger partial charge in [0.05, 0.1) is 11.7 Å². The number of hydrogen-bond donors (Lipinski definition) is 3. The average molecular weight is 266 g/mol. The second-order valence-electron chi connectivity index (χ2n) is 4.46. The van der Waals surface area contributed by atoms with E-state index >= 15 is 0 Å². The molecule has 6 heteroatoms. The van der Waals surface area contributed by atoms with Crippen molar-refractivity contribution in [3.63, 3.8) is 0 Å². The average Bonchev–Trinajstić information content (AvgIpc) is 2.39. The second-order valence-corrected chi connectivity index (χ2v) is 4.46. The Morgan fingerprint density at radius 2 is 2.16 bits per heavy atom. The summed E-state index contributed by atoms with van der Waals surface area (Å²) in [6.45, 7) is 0.757. The summed E-state index contributed by atoms with van der Waals surface area (Å²) in [5.74, 6) is -2.58. The third kappa shape index (κ3) is 3.08. The fourth-order valence-electron chi connectivity index (χ4n) is 2.14. The van der Waals surface area contributed by atoms with Gasteiger partial charge in [0.25, 0.3) is 0 Å². The summed E-state index contributed by atoms with van der Waals surface area (Å²) in [4.78, 5) is 23.0. The number of amides is 1. The van der Waals surface area contributed by atoms with Gasteiger partial charge in [0.1, 0.15) is 11.4 Å². The van der Waals surface area contributed by atoms with Gasteiger partial charge in [-0.15, -0.1) is 0 Å². The van der Waals surface area contributed by atoms with Crippen molar-refractivity contribution in [1.82, 2.24) is 5.32 Å². The van der Waals surface area contributed by atoms with Crippen molar-refractivity contribution >= 4 is 17.6 Å². The molecule has 5 nitrogen and oxygen atoms in total. The van der Waals surface area contributed by atoms with Crippen LogP contribution in [-0.2, 0) is 4.79 Å². The van der Waals surface area contributed by atoms with Crippen molar-refractivity contribution in [2.75, 3.05) is 11.9 Å². The molecule has 1 fully saturated rings. The minimum Gasteiger partial charge on any atom is -0.478 e. The van der Waals surface area contributed by atoms with E-state index in [9.17, 15) is 14.0 Å². The molecule has 3 N–H and O–H groups in total. The molecule has 1 aromatic rings. The van der Waals surface area contributed by atoms with E-state index in [1.54, 1.807) is 0 Å². The maximum atomic E-state index is 13.4. The molecule has 0 saturated carbocycles. The number of carbonyl (C=O) groups is 2. The number of piperidine rings is 1. The SMILES string of the molecule is O=C(O)c1c(F)cccc1NC(=O)C1CCCCN1. The lowest BCUT2D eigenvalue weighted by atomic mass is 10.0. The number of nitrogens with one attached hydrogen (secondary N) is 2. The van der Waals surface area contributed by atoms with E-state index < -0.39 is 17.3 Å². The van der Waals surface area contributed by atoms with Crippen molar-refractivity contribution in [2.45, 2.75) is 25.3 Å². The number of carboxylic acids is 1. The lowest BCUT2D eigenvalue weighted by molar-refractivity contribution is -0.118. The first kappa shape index (κ1) is 13.5. The van der Waals surface area contributed by atoms with Gasteiger partial charge in [0, 0.05) is 0 Å². The fraction of sp³-hybridized carbons (Fsp3) is 0.385. The molecule has 1 aromatic carbocycles. The first-order chi connectivity index (χ1) is 9.09. The minimum absolute atomic E-state index is 0.00938. The third-order valence-corrected chi connectivity index (χ3v) is 3.11. The first-order valence-electron chi connectivity index (χ1n) is 6.15. The molecule has 0 aromatic heterocycles. The van der Waals surface area contributed by atoms with Gasteiger partial charge in [-0.2, -0.15) is 0 Å². The van der Waals surface area contributed by atoms with Gasteiger partial charge < -0.3 is 15.7 Å². The van der Waals surface area contributed by atoms with E-state index in [4.69, 9.17) is 5.11 Å². The zero-order chi connectivity index (χ0) is 13.8. The molecule has 19 heavy (non-hydrogen) atoms. The Kier molecular flexibility index (Phi) is 4.11. The number of rotatable bonds is 3.